The van der Waals surface area contributed by atoms with Gasteiger partial charge in [-0.2, -0.15) is 12.6 Å². The first-order valence-electron chi connectivity index (χ1n) is 3.93. The van der Waals surface area contributed by atoms with Crippen LogP contribution >= 0.6 is 12.6 Å². The molecule has 0 saturated heterocycles. The lowest BCUT2D eigenvalue weighted by molar-refractivity contribution is 1.17. The summed E-state index contributed by atoms with van der Waals surface area (Å²) in [4.78, 5) is 7.23. The number of nitrogens with one attached hydrogen (secondary N) is 1. The lowest BCUT2D eigenvalue weighted by atomic mass is 10.1. The van der Waals surface area contributed by atoms with Crippen LogP contribution in [-0.4, -0.2) is 15.7 Å². The molecule has 1 aromatic carbocycles. The van der Waals surface area contributed by atoms with Gasteiger partial charge in [-0.3, -0.25) is 0 Å². The molecule has 0 unspecified atom stereocenters. The average Bonchev–Trinajstić information content (AvgIpc) is 2.51. The maximum Gasteiger partial charge on any atom is 0.0931 e. The summed E-state index contributed by atoms with van der Waals surface area (Å²) in [5.41, 5.74) is 3.44. The van der Waals surface area contributed by atoms with Gasteiger partial charge in [-0.05, 0) is 29.9 Å². The van der Waals surface area contributed by atoms with Crippen LogP contribution in [0, 0.1) is 0 Å². The zero-order valence-electron chi connectivity index (χ0n) is 6.62. The Morgan fingerprint density at radius 2 is 2.33 bits per heavy atom. The molecule has 0 saturated carbocycles. The number of aromatic nitrogens is 2. The molecule has 0 atom stereocenters. The first-order chi connectivity index (χ1) is 5.90. The van der Waals surface area contributed by atoms with Crippen molar-refractivity contribution in [1.29, 1.82) is 0 Å². The number of benzene rings is 1. The summed E-state index contributed by atoms with van der Waals surface area (Å²) < 4.78 is 0. The molecule has 0 fully saturated rings. The maximum absolute atomic E-state index is 4.19. The van der Waals surface area contributed by atoms with Crippen LogP contribution in [0.15, 0.2) is 24.5 Å². The third-order valence-electron chi connectivity index (χ3n) is 1.89. The molecule has 1 heterocycles. The predicted molar refractivity (Wildman–Crippen MR) is 53.7 cm³/mol. The Balaban J connectivity index is 2.46. The van der Waals surface area contributed by atoms with Crippen LogP contribution in [0.2, 0.25) is 0 Å². The Kier molecular flexibility index (Phi) is 2.04. The average molecular weight is 178 g/mol. The highest BCUT2D eigenvalue weighted by Crippen LogP contribution is 2.11. The number of hydrogen-bond donors (Lipinski definition) is 2. The van der Waals surface area contributed by atoms with E-state index in [4.69, 9.17) is 0 Å². The van der Waals surface area contributed by atoms with E-state index < -0.39 is 0 Å². The number of nitrogens with zero attached hydrogens (tertiary/aromatic N) is 1. The smallest absolute Gasteiger partial charge is 0.0931 e. The van der Waals surface area contributed by atoms with E-state index in [1.807, 2.05) is 6.07 Å². The zero-order chi connectivity index (χ0) is 8.39. The third-order valence-corrected chi connectivity index (χ3v) is 2.11. The van der Waals surface area contributed by atoms with Crippen LogP contribution in [0.5, 0.6) is 0 Å². The van der Waals surface area contributed by atoms with Crippen molar-refractivity contribution in [3.05, 3.63) is 30.1 Å². The van der Waals surface area contributed by atoms with Crippen molar-refractivity contribution in [3.8, 4) is 0 Å². The fourth-order valence-electron chi connectivity index (χ4n) is 1.27. The van der Waals surface area contributed by atoms with E-state index in [0.717, 1.165) is 23.2 Å². The van der Waals surface area contributed by atoms with Crippen LogP contribution in [-0.2, 0) is 6.42 Å². The van der Waals surface area contributed by atoms with E-state index >= 15 is 0 Å². The van der Waals surface area contributed by atoms with Gasteiger partial charge in [-0.1, -0.05) is 6.07 Å². The van der Waals surface area contributed by atoms with Crippen molar-refractivity contribution in [1.82, 2.24) is 9.97 Å². The van der Waals surface area contributed by atoms with Crippen molar-refractivity contribution < 1.29 is 0 Å². The largest absolute Gasteiger partial charge is 0.345 e. The summed E-state index contributed by atoms with van der Waals surface area (Å²) in [6.07, 6.45) is 2.73. The second kappa shape index (κ2) is 3.19. The minimum atomic E-state index is 0.889. The highest BCUT2D eigenvalue weighted by Gasteiger charge is 1.96. The van der Waals surface area contributed by atoms with Crippen LogP contribution in [0.25, 0.3) is 11.0 Å². The number of H-pyrrole nitrogens is 1. The molecular weight excluding hydrogens is 168 g/mol. The fourth-order valence-corrected chi connectivity index (χ4v) is 1.53. The SMILES string of the molecule is SCCc1ccc2nc[nH]c2c1. The highest BCUT2D eigenvalue weighted by atomic mass is 32.1. The minimum absolute atomic E-state index is 0.889. The minimum Gasteiger partial charge on any atom is -0.345 e. The molecule has 12 heavy (non-hydrogen) atoms. The molecule has 2 aromatic rings. The van der Waals surface area contributed by atoms with Crippen molar-refractivity contribution >= 4 is 23.7 Å². The number of thiol groups is 1. The number of aromatic amines is 1. The molecule has 1 aromatic heterocycles. The highest BCUT2D eigenvalue weighted by molar-refractivity contribution is 7.80. The Morgan fingerprint density at radius 3 is 3.17 bits per heavy atom. The summed E-state index contributed by atoms with van der Waals surface area (Å²) in [5.74, 6) is 0.889. The van der Waals surface area contributed by atoms with Crippen molar-refractivity contribution in [3.63, 3.8) is 0 Å². The molecule has 0 amide bonds. The quantitative estimate of drug-likeness (QED) is 0.677. The van der Waals surface area contributed by atoms with Crippen molar-refractivity contribution in [2.75, 3.05) is 5.75 Å². The fraction of sp³-hybridized carbons (Fsp3) is 0.222. The topological polar surface area (TPSA) is 28.7 Å². The Morgan fingerprint density at radius 1 is 1.42 bits per heavy atom. The van der Waals surface area contributed by atoms with Crippen LogP contribution in [0.4, 0.5) is 0 Å². The van der Waals surface area contributed by atoms with Gasteiger partial charge in [0.05, 0.1) is 17.4 Å². The predicted octanol–water partition coefficient (Wildman–Crippen LogP) is 2.04. The molecule has 0 spiro atoms. The van der Waals surface area contributed by atoms with Crippen LogP contribution in [0.1, 0.15) is 5.56 Å². The summed E-state index contributed by atoms with van der Waals surface area (Å²) in [6.45, 7) is 0. The molecule has 2 nitrogen and oxygen atoms in total. The van der Waals surface area contributed by atoms with Gasteiger partial charge in [0.25, 0.3) is 0 Å². The molecule has 0 aliphatic carbocycles. The third kappa shape index (κ3) is 1.32. The lowest BCUT2D eigenvalue weighted by Crippen LogP contribution is -1.85. The summed E-state index contributed by atoms with van der Waals surface area (Å²) >= 11 is 4.19. The molecule has 2 rings (SSSR count). The number of rotatable bonds is 2. The normalized spacial score (nSPS) is 10.8. The summed E-state index contributed by atoms with van der Waals surface area (Å²) in [6, 6.07) is 6.25. The summed E-state index contributed by atoms with van der Waals surface area (Å²) in [5, 5.41) is 0. The standard InChI is InChI=1S/C9H10N2S/c12-4-3-7-1-2-8-9(5-7)11-6-10-8/h1-2,5-6,12H,3-4H2,(H,10,11). The van der Waals surface area contributed by atoms with Gasteiger partial charge in [0, 0.05) is 0 Å². The number of fused-ring (bicyclic) bond motifs is 1. The Bertz CT molecular complexity index is 381. The molecule has 0 aliphatic rings. The van der Waals surface area contributed by atoms with Gasteiger partial charge < -0.3 is 4.98 Å². The molecule has 0 aliphatic heterocycles. The molecular formula is C9H10N2S. The summed E-state index contributed by atoms with van der Waals surface area (Å²) in [7, 11) is 0. The van der Waals surface area contributed by atoms with Gasteiger partial charge >= 0.3 is 0 Å². The molecule has 3 heteroatoms. The van der Waals surface area contributed by atoms with Crippen LogP contribution in [0.3, 0.4) is 0 Å². The van der Waals surface area contributed by atoms with Gasteiger partial charge in [0.15, 0.2) is 0 Å². The maximum atomic E-state index is 4.19. The van der Waals surface area contributed by atoms with E-state index in [2.05, 4.69) is 34.7 Å². The first kappa shape index (κ1) is 7.68. The van der Waals surface area contributed by atoms with Gasteiger partial charge in [-0.15, -0.1) is 0 Å². The molecule has 0 radical (unpaired) electrons. The Hall–Kier alpha value is -0.960. The molecule has 1 N–H and O–H groups in total. The van der Waals surface area contributed by atoms with Crippen molar-refractivity contribution in [2.24, 2.45) is 0 Å². The van der Waals surface area contributed by atoms with Crippen LogP contribution < -0.4 is 0 Å². The number of aryl methyl sites for hydroxylation is 1. The second-order valence-corrected chi connectivity index (χ2v) is 3.17. The number of hydrogen-bond acceptors (Lipinski definition) is 2. The second-order valence-electron chi connectivity index (χ2n) is 2.73. The van der Waals surface area contributed by atoms with E-state index in [1.165, 1.54) is 5.56 Å². The van der Waals surface area contributed by atoms with Gasteiger partial charge in [0.2, 0.25) is 0 Å². The van der Waals surface area contributed by atoms with E-state index in [9.17, 15) is 0 Å². The monoisotopic (exact) mass is 178 g/mol. The lowest BCUT2D eigenvalue weighted by Gasteiger charge is -1.96. The Labute approximate surface area is 76.4 Å². The van der Waals surface area contributed by atoms with E-state index in [1.54, 1.807) is 6.33 Å². The van der Waals surface area contributed by atoms with Gasteiger partial charge in [0.1, 0.15) is 0 Å². The first-order valence-corrected chi connectivity index (χ1v) is 4.56. The zero-order valence-corrected chi connectivity index (χ0v) is 7.51. The van der Waals surface area contributed by atoms with E-state index in [-0.39, 0.29) is 0 Å². The van der Waals surface area contributed by atoms with E-state index in [0.29, 0.717) is 0 Å². The molecule has 62 valence electrons. The molecule has 0 bridgehead atoms. The van der Waals surface area contributed by atoms with Crippen molar-refractivity contribution in [2.45, 2.75) is 6.42 Å². The number of imidazole rings is 1. The van der Waals surface area contributed by atoms with Gasteiger partial charge in [-0.25, -0.2) is 4.98 Å².